The van der Waals surface area contributed by atoms with E-state index in [0.717, 1.165) is 6.33 Å². The summed E-state index contributed by atoms with van der Waals surface area (Å²) in [7, 11) is -11.4. The summed E-state index contributed by atoms with van der Waals surface area (Å²) in [5.74, 6) is 0.0655. The molecule has 20 heteroatoms. The van der Waals surface area contributed by atoms with Crippen LogP contribution in [-0.2, 0) is 22.7 Å². The molecule has 0 spiro atoms. The molecule has 2 aromatic rings. The first-order valence-corrected chi connectivity index (χ1v) is 10.0. The van der Waals surface area contributed by atoms with Gasteiger partial charge in [-0.3, -0.25) is 13.4 Å². The van der Waals surface area contributed by atoms with Gasteiger partial charge in [-0.15, -0.1) is 0 Å². The summed E-state index contributed by atoms with van der Waals surface area (Å²) in [5, 5.41) is 20.2. The zero-order valence-electron chi connectivity index (χ0n) is 16.1. The SMILES string of the molecule is Nc1ncnc2c1ncn2C1OC(COP(=O)([O-])OP(=O)([O-])[O-])C(O)C1O.[Li+].[Li+].[Li+]. The molecule has 0 saturated carbocycles. The van der Waals surface area contributed by atoms with E-state index < -0.39 is 46.8 Å². The molecule has 2 aromatic heterocycles. The van der Waals surface area contributed by atoms with Crippen LogP contribution in [0.4, 0.5) is 5.82 Å². The number of aliphatic hydroxyl groups is 2. The molecule has 15 nitrogen and oxygen atoms in total. The molecule has 1 aliphatic heterocycles. The van der Waals surface area contributed by atoms with Crippen LogP contribution < -0.4 is 77.0 Å². The molecule has 1 aliphatic rings. The van der Waals surface area contributed by atoms with Crippen LogP contribution in [0.15, 0.2) is 12.7 Å². The number of nitrogen functional groups attached to an aromatic ring is 1. The zero-order chi connectivity index (χ0) is 20.0. The monoisotopic (exact) mass is 445 g/mol. The van der Waals surface area contributed by atoms with Crippen LogP contribution in [0, 0.1) is 0 Å². The van der Waals surface area contributed by atoms with E-state index in [1.54, 1.807) is 0 Å². The number of aromatic nitrogens is 4. The standard InChI is InChI=1S/C10H15N5O10P2.3Li/c11-8-5-9(13-2-12-8)15(3-14-5)10-7(17)6(16)4(24-10)1-23-27(21,22)25-26(18,19)20;;;/h2-4,6-7,10,16-17H,1H2,(H,21,22)(H2,11,12,13)(H2,18,19,20);;;/q;3*+1/p-3. The number of hydrogen-bond donors (Lipinski definition) is 3. The quantitative estimate of drug-likeness (QED) is 0.276. The van der Waals surface area contributed by atoms with Crippen LogP contribution in [0.2, 0.25) is 0 Å². The minimum absolute atomic E-state index is 0. The fourth-order valence-corrected chi connectivity index (χ4v) is 3.96. The topological polar surface area (TPSA) is 241 Å². The fraction of sp³-hybridized carbons (Fsp3) is 0.500. The Kier molecular flexibility index (Phi) is 11.5. The summed E-state index contributed by atoms with van der Waals surface area (Å²) in [6.45, 7) is -0.931. The fourth-order valence-electron chi connectivity index (χ4n) is 2.46. The number of ether oxygens (including phenoxy) is 1. The maximum atomic E-state index is 11.3. The normalized spacial score (nSPS) is 25.6. The van der Waals surface area contributed by atoms with Gasteiger partial charge in [0.25, 0.3) is 7.82 Å². The van der Waals surface area contributed by atoms with E-state index in [4.69, 9.17) is 10.5 Å². The largest absolute Gasteiger partial charge is 1.00 e. The van der Waals surface area contributed by atoms with Gasteiger partial charge >= 0.3 is 56.6 Å². The molecule has 30 heavy (non-hydrogen) atoms. The smallest absolute Gasteiger partial charge is 0.790 e. The van der Waals surface area contributed by atoms with Crippen molar-refractivity contribution in [3.63, 3.8) is 0 Å². The third kappa shape index (κ3) is 6.89. The summed E-state index contributed by atoms with van der Waals surface area (Å²) in [5.41, 5.74) is 6.04. The molecule has 0 amide bonds. The van der Waals surface area contributed by atoms with E-state index in [2.05, 4.69) is 23.8 Å². The molecule has 0 bridgehead atoms. The number of phosphoric acid groups is 2. The van der Waals surface area contributed by atoms with Crippen LogP contribution in [0.1, 0.15) is 6.23 Å². The van der Waals surface area contributed by atoms with E-state index in [-0.39, 0.29) is 73.6 Å². The van der Waals surface area contributed by atoms with E-state index in [1.165, 1.54) is 10.9 Å². The number of fused-ring (bicyclic) bond motifs is 1. The molecule has 1 saturated heterocycles. The molecule has 5 atom stereocenters. The van der Waals surface area contributed by atoms with Gasteiger partial charge in [0.1, 0.15) is 30.2 Å². The molecule has 1 fully saturated rings. The Morgan fingerprint density at radius 3 is 2.37 bits per heavy atom. The van der Waals surface area contributed by atoms with Crippen LogP contribution >= 0.6 is 15.6 Å². The number of rotatable bonds is 6. The molecule has 150 valence electrons. The second-order valence-electron chi connectivity index (χ2n) is 5.40. The number of nitrogens with two attached hydrogens (primary N) is 1. The van der Waals surface area contributed by atoms with Crippen LogP contribution in [-0.4, -0.2) is 54.7 Å². The molecule has 4 N–H and O–H groups in total. The van der Waals surface area contributed by atoms with Crippen LogP contribution in [0.3, 0.4) is 0 Å². The van der Waals surface area contributed by atoms with Gasteiger partial charge in [-0.2, -0.15) is 0 Å². The van der Waals surface area contributed by atoms with Gasteiger partial charge in [0.05, 0.1) is 20.8 Å². The van der Waals surface area contributed by atoms with Gasteiger partial charge < -0.3 is 44.5 Å². The predicted octanol–water partition coefficient (Wildman–Crippen LogP) is -12.6. The third-order valence-electron chi connectivity index (χ3n) is 3.60. The van der Waals surface area contributed by atoms with Crippen molar-refractivity contribution in [2.24, 2.45) is 0 Å². The van der Waals surface area contributed by atoms with Crippen molar-refractivity contribution in [3.8, 4) is 0 Å². The summed E-state index contributed by atoms with van der Waals surface area (Å²) in [6.07, 6.45) is -3.48. The number of phosphoric ester groups is 1. The van der Waals surface area contributed by atoms with Gasteiger partial charge in [0, 0.05) is 0 Å². The van der Waals surface area contributed by atoms with Crippen LogP contribution in [0.5, 0.6) is 0 Å². The van der Waals surface area contributed by atoms with Crippen molar-refractivity contribution in [3.05, 3.63) is 12.7 Å². The van der Waals surface area contributed by atoms with Gasteiger partial charge in [-0.1, -0.05) is 0 Å². The average Bonchev–Trinajstić information content (AvgIpc) is 3.07. The molecule has 3 heterocycles. The van der Waals surface area contributed by atoms with Gasteiger partial charge in [-0.25, -0.2) is 15.0 Å². The number of imidazole rings is 1. The Hall–Kier alpha value is 0.282. The van der Waals surface area contributed by atoms with E-state index in [1.807, 2.05) is 0 Å². The van der Waals surface area contributed by atoms with Crippen molar-refractivity contribution in [2.75, 3.05) is 12.3 Å². The average molecular weight is 445 g/mol. The number of nitrogens with zero attached hydrogens (tertiary/aromatic N) is 4. The van der Waals surface area contributed by atoms with Crippen molar-refractivity contribution in [2.45, 2.75) is 24.5 Å². The first-order chi connectivity index (χ1) is 12.5. The Balaban J connectivity index is 0.00000280. The van der Waals surface area contributed by atoms with E-state index in [0.29, 0.717) is 0 Å². The first kappa shape index (κ1) is 30.3. The maximum absolute atomic E-state index is 11.3. The minimum atomic E-state index is -5.85. The number of anilines is 1. The van der Waals surface area contributed by atoms with Crippen molar-refractivity contribution in [1.29, 1.82) is 0 Å². The molecule has 0 aromatic carbocycles. The summed E-state index contributed by atoms with van der Waals surface area (Å²) < 4.78 is 35.7. The van der Waals surface area contributed by atoms with Gasteiger partial charge in [0.2, 0.25) is 0 Å². The Labute approximate surface area is 205 Å². The molecular weight excluding hydrogens is 433 g/mol. The minimum Gasteiger partial charge on any atom is -0.790 e. The predicted molar refractivity (Wildman–Crippen MR) is 77.9 cm³/mol. The van der Waals surface area contributed by atoms with Crippen molar-refractivity contribution < 1.29 is 104 Å². The molecule has 0 radical (unpaired) electrons. The summed E-state index contributed by atoms with van der Waals surface area (Å²) >= 11 is 0. The Bertz CT molecular complexity index is 946. The van der Waals surface area contributed by atoms with Crippen molar-refractivity contribution >= 4 is 32.6 Å². The van der Waals surface area contributed by atoms with E-state index in [9.17, 15) is 34.0 Å². The number of hydrogen-bond acceptors (Lipinski definition) is 14. The van der Waals surface area contributed by atoms with Crippen LogP contribution in [0.25, 0.3) is 11.2 Å². The first-order valence-electron chi connectivity index (χ1n) is 7.12. The van der Waals surface area contributed by atoms with Gasteiger partial charge in [0.15, 0.2) is 17.7 Å². The molecule has 5 unspecified atom stereocenters. The zero-order valence-corrected chi connectivity index (χ0v) is 17.9. The summed E-state index contributed by atoms with van der Waals surface area (Å²) in [6, 6.07) is 0. The Morgan fingerprint density at radius 2 is 1.77 bits per heavy atom. The second-order valence-corrected chi connectivity index (χ2v) is 8.10. The molecule has 3 rings (SSSR count). The summed E-state index contributed by atoms with van der Waals surface area (Å²) in [4.78, 5) is 43.7. The maximum Gasteiger partial charge on any atom is 1.00 e. The molecular formula is C10H12Li3N5O10P2. The number of aliphatic hydroxyl groups excluding tert-OH is 2. The second kappa shape index (κ2) is 11.4. The molecule has 0 aliphatic carbocycles. The van der Waals surface area contributed by atoms with Crippen molar-refractivity contribution in [1.82, 2.24) is 19.5 Å². The van der Waals surface area contributed by atoms with Gasteiger partial charge in [-0.05, 0) is 0 Å². The third-order valence-corrected chi connectivity index (χ3v) is 5.66. The Morgan fingerprint density at radius 1 is 1.13 bits per heavy atom. The van der Waals surface area contributed by atoms with E-state index >= 15 is 0 Å².